The van der Waals surface area contributed by atoms with Crippen LogP contribution in [0.5, 0.6) is 17.2 Å². The topological polar surface area (TPSA) is 175 Å². The van der Waals surface area contributed by atoms with Crippen molar-refractivity contribution in [3.63, 3.8) is 0 Å². The maximum atomic E-state index is 13.3. The average Bonchev–Trinajstić information content (AvgIpc) is 3.80. The van der Waals surface area contributed by atoms with Crippen LogP contribution in [0.1, 0.15) is 104 Å². The minimum absolute atomic E-state index is 0.0522. The number of likely N-dealkylation sites (tertiary alicyclic amines) is 1. The van der Waals surface area contributed by atoms with E-state index in [9.17, 15) is 19.2 Å². The molecule has 4 amide bonds. The molecule has 14 nitrogen and oxygen atoms in total. The van der Waals surface area contributed by atoms with Crippen molar-refractivity contribution in [3.8, 4) is 28.5 Å². The zero-order chi connectivity index (χ0) is 41.6. The van der Waals surface area contributed by atoms with Gasteiger partial charge in [-0.05, 0) is 137 Å². The summed E-state index contributed by atoms with van der Waals surface area (Å²) in [6.07, 6.45) is 12.9. The Kier molecular flexibility index (Phi) is 10.5. The number of para-hydroxylation sites is 1. The van der Waals surface area contributed by atoms with E-state index in [0.717, 1.165) is 96.2 Å². The lowest BCUT2D eigenvalue weighted by molar-refractivity contribution is -0.136. The number of amides is 4. The van der Waals surface area contributed by atoms with Crippen LogP contribution >= 0.6 is 0 Å². The number of benzene rings is 3. The second kappa shape index (κ2) is 16.4. The van der Waals surface area contributed by atoms with Crippen LogP contribution in [0.2, 0.25) is 0 Å². The molecule has 2 saturated carbocycles. The average molecular weight is 823 g/mol. The summed E-state index contributed by atoms with van der Waals surface area (Å²) in [6, 6.07) is 22.5. The van der Waals surface area contributed by atoms with Crippen LogP contribution in [0.3, 0.4) is 0 Å². The quantitative estimate of drug-likeness (QED) is 0.145. The summed E-state index contributed by atoms with van der Waals surface area (Å²) in [6.45, 7) is 2.06. The second-order valence-corrected chi connectivity index (χ2v) is 17.3. The van der Waals surface area contributed by atoms with Gasteiger partial charge in [-0.1, -0.05) is 18.2 Å². The number of fused-ring (bicyclic) bond motifs is 2. The van der Waals surface area contributed by atoms with Gasteiger partial charge in [-0.2, -0.15) is 5.10 Å². The van der Waals surface area contributed by atoms with Gasteiger partial charge in [-0.25, -0.2) is 14.6 Å². The Balaban J connectivity index is 0.705. The van der Waals surface area contributed by atoms with Gasteiger partial charge in [0, 0.05) is 31.1 Å². The second-order valence-electron chi connectivity index (χ2n) is 17.3. The molecule has 5 heterocycles. The Hall–Kier alpha value is -6.15. The predicted molar refractivity (Wildman–Crippen MR) is 227 cm³/mol. The summed E-state index contributed by atoms with van der Waals surface area (Å²) < 4.78 is 14.5. The highest BCUT2D eigenvalue weighted by Gasteiger charge is 2.45. The highest BCUT2D eigenvalue weighted by molar-refractivity contribution is 6.23. The normalized spacial score (nSPS) is 25.1. The van der Waals surface area contributed by atoms with E-state index in [1.165, 1.54) is 32.0 Å². The van der Waals surface area contributed by atoms with Crippen molar-refractivity contribution >= 4 is 40.5 Å². The molecule has 1 unspecified atom stereocenters. The minimum atomic E-state index is -0.982. The number of imide groups is 2. The van der Waals surface area contributed by atoms with Crippen molar-refractivity contribution in [1.82, 2.24) is 34.9 Å². The van der Waals surface area contributed by atoms with E-state index in [0.29, 0.717) is 23.5 Å². The number of rotatable bonds is 9. The van der Waals surface area contributed by atoms with Gasteiger partial charge in [0.25, 0.3) is 11.8 Å². The van der Waals surface area contributed by atoms with Crippen molar-refractivity contribution in [1.29, 1.82) is 0 Å². The number of ether oxygens (including phenoxy) is 2. The van der Waals surface area contributed by atoms with Crippen LogP contribution in [-0.4, -0.2) is 84.5 Å². The van der Waals surface area contributed by atoms with E-state index in [-0.39, 0.29) is 36.1 Å². The first-order chi connectivity index (χ1) is 29.8. The monoisotopic (exact) mass is 822 g/mol. The molecular formula is C47H50N8O6. The van der Waals surface area contributed by atoms with Crippen LogP contribution < -0.4 is 20.5 Å². The molecule has 10 rings (SSSR count). The Morgan fingerprint density at radius 2 is 1.34 bits per heavy atom. The summed E-state index contributed by atoms with van der Waals surface area (Å²) in [5.74, 6) is 1.93. The number of nitrogen functional groups attached to an aromatic ring is 1. The predicted octanol–water partition coefficient (Wildman–Crippen LogP) is 7.10. The summed E-state index contributed by atoms with van der Waals surface area (Å²) >= 11 is 0. The molecule has 14 heteroatoms. The zero-order valence-corrected chi connectivity index (χ0v) is 34.1. The van der Waals surface area contributed by atoms with Gasteiger partial charge in [0.15, 0.2) is 5.65 Å². The first-order valence-corrected chi connectivity index (χ1v) is 21.9. The van der Waals surface area contributed by atoms with Crippen LogP contribution in [0, 0.1) is 11.8 Å². The smallest absolute Gasteiger partial charge is 0.262 e. The van der Waals surface area contributed by atoms with Crippen LogP contribution in [0.25, 0.3) is 22.3 Å². The highest BCUT2D eigenvalue weighted by Crippen LogP contribution is 2.42. The molecule has 5 aromatic rings. The fraction of sp³-hybridized carbons (Fsp3) is 0.426. The number of aromatic nitrogens is 4. The number of hydrogen-bond donors (Lipinski definition) is 2. The van der Waals surface area contributed by atoms with Crippen molar-refractivity contribution in [2.75, 3.05) is 18.8 Å². The van der Waals surface area contributed by atoms with E-state index in [1.54, 1.807) is 18.2 Å². The number of anilines is 1. The van der Waals surface area contributed by atoms with Gasteiger partial charge in [0.2, 0.25) is 11.8 Å². The van der Waals surface area contributed by atoms with E-state index in [2.05, 4.69) is 24.9 Å². The Bertz CT molecular complexity index is 2470. The van der Waals surface area contributed by atoms with Crippen LogP contribution in [-0.2, 0) is 9.59 Å². The molecule has 3 N–H and O–H groups in total. The van der Waals surface area contributed by atoms with Crippen molar-refractivity contribution in [2.24, 2.45) is 11.8 Å². The van der Waals surface area contributed by atoms with E-state index < -0.39 is 29.7 Å². The molecular weight excluding hydrogens is 773 g/mol. The molecule has 314 valence electrons. The maximum Gasteiger partial charge on any atom is 0.262 e. The molecule has 2 aliphatic carbocycles. The van der Waals surface area contributed by atoms with Gasteiger partial charge in [0.1, 0.15) is 41.1 Å². The molecule has 0 spiro atoms. The zero-order valence-electron chi connectivity index (χ0n) is 34.1. The van der Waals surface area contributed by atoms with Crippen LogP contribution in [0.15, 0.2) is 79.1 Å². The number of nitrogens with zero attached hydrogens (tertiary/aromatic N) is 6. The molecule has 3 aromatic carbocycles. The van der Waals surface area contributed by atoms with E-state index in [1.807, 2.05) is 54.6 Å². The number of hydrogen-bond acceptors (Lipinski definition) is 11. The molecule has 61 heavy (non-hydrogen) atoms. The van der Waals surface area contributed by atoms with Gasteiger partial charge >= 0.3 is 0 Å². The number of carbonyl (C=O) groups excluding carboxylic acids is 4. The number of nitrogens with two attached hydrogens (primary N) is 1. The molecule has 0 radical (unpaired) electrons. The maximum absolute atomic E-state index is 13.3. The number of carbonyl (C=O) groups is 4. The molecule has 5 aliphatic rings. The molecule has 2 saturated heterocycles. The highest BCUT2D eigenvalue weighted by atomic mass is 16.5. The minimum Gasteiger partial charge on any atom is -0.490 e. The third-order valence-electron chi connectivity index (χ3n) is 13.8. The van der Waals surface area contributed by atoms with Crippen molar-refractivity contribution < 1.29 is 28.7 Å². The fourth-order valence-corrected chi connectivity index (χ4v) is 10.6. The number of nitrogens with one attached hydrogen (secondary N) is 1. The molecule has 4 fully saturated rings. The summed E-state index contributed by atoms with van der Waals surface area (Å²) in [7, 11) is 0. The van der Waals surface area contributed by atoms with Gasteiger partial charge in [-0.15, -0.1) is 0 Å². The Morgan fingerprint density at radius 3 is 2.07 bits per heavy atom. The van der Waals surface area contributed by atoms with Crippen molar-refractivity contribution in [2.45, 2.75) is 101 Å². The summed E-state index contributed by atoms with van der Waals surface area (Å²) in [5, 5.41) is 8.18. The first-order valence-electron chi connectivity index (χ1n) is 21.9. The van der Waals surface area contributed by atoms with Gasteiger partial charge in [0.05, 0.1) is 28.7 Å². The SMILES string of the molecule is Nc1ncnc2c1c(-c1ccc(Oc3ccccc3)cc1)nn2C1CCN(C2CCC(C3CCC(Oc4ccc5c(c4)C(=O)N(C4CCC(=O)NC4=O)C5=O)CC3)CC2)CC1. The lowest BCUT2D eigenvalue weighted by Gasteiger charge is -2.43. The molecule has 3 aliphatic heterocycles. The van der Waals surface area contributed by atoms with E-state index in [4.69, 9.17) is 20.3 Å². The first kappa shape index (κ1) is 39.0. The van der Waals surface area contributed by atoms with E-state index >= 15 is 0 Å². The summed E-state index contributed by atoms with van der Waals surface area (Å²) in [5.41, 5.74) is 9.49. The summed E-state index contributed by atoms with van der Waals surface area (Å²) in [4.78, 5) is 63.2. The van der Waals surface area contributed by atoms with Crippen LogP contribution in [0.4, 0.5) is 5.82 Å². The third kappa shape index (κ3) is 7.62. The third-order valence-corrected chi connectivity index (χ3v) is 13.8. The lowest BCUT2D eigenvalue weighted by Crippen LogP contribution is -2.54. The fourth-order valence-electron chi connectivity index (χ4n) is 10.6. The molecule has 2 aromatic heterocycles. The Morgan fingerprint density at radius 1 is 0.672 bits per heavy atom. The van der Waals surface area contributed by atoms with Gasteiger partial charge < -0.3 is 20.1 Å². The lowest BCUT2D eigenvalue weighted by atomic mass is 9.71. The largest absolute Gasteiger partial charge is 0.490 e. The standard InChI is InChI=1S/C47H50N8O6/c48-43-41-42(30-10-16-34(17-11-30)60-33-4-2-1-3-5-33)52-55(44(41)50-27-49-43)32-22-24-53(25-23-32)31-12-6-28(7-13-31)29-8-14-35(15-9-29)61-36-18-19-37-38(26-36)47(59)54(46(37)58)39-20-21-40(56)51-45(39)57/h1-5,10-11,16-19,26-29,31-32,35,39H,6-9,12-15,20-25H2,(H2,48,49,50)(H,51,56,57). The molecule has 0 bridgehead atoms. The number of piperidine rings is 2. The van der Waals surface area contributed by atoms with Crippen molar-refractivity contribution in [3.05, 3.63) is 90.3 Å². The van der Waals surface area contributed by atoms with Gasteiger partial charge in [-0.3, -0.25) is 29.4 Å². The Labute approximate surface area is 353 Å². The molecule has 1 atom stereocenters.